The van der Waals surface area contributed by atoms with E-state index in [0.29, 0.717) is 18.8 Å². The number of hydrogen-bond acceptors (Lipinski definition) is 2. The van der Waals surface area contributed by atoms with Gasteiger partial charge in [0.2, 0.25) is 5.91 Å². The van der Waals surface area contributed by atoms with Crippen LogP contribution in [0.1, 0.15) is 62.9 Å². The van der Waals surface area contributed by atoms with E-state index in [1.165, 1.54) is 0 Å². The number of anilines is 1. The molecule has 1 atom stereocenters. The summed E-state index contributed by atoms with van der Waals surface area (Å²) >= 11 is 0. The van der Waals surface area contributed by atoms with Crippen molar-refractivity contribution < 1.29 is 9.59 Å². The van der Waals surface area contributed by atoms with E-state index < -0.39 is 0 Å². The van der Waals surface area contributed by atoms with E-state index >= 15 is 0 Å². The van der Waals surface area contributed by atoms with Gasteiger partial charge in [0, 0.05) is 24.1 Å². The number of carbonyl (C=O) groups excluding carboxylic acids is 2. The average Bonchev–Trinajstić information content (AvgIpc) is 2.57. The lowest BCUT2D eigenvalue weighted by molar-refractivity contribution is -0.116. The number of nitrogens with one attached hydrogen (secondary N) is 1. The molecule has 0 spiro atoms. The van der Waals surface area contributed by atoms with Crippen LogP contribution in [-0.4, -0.2) is 11.7 Å². The zero-order valence-electron chi connectivity index (χ0n) is 13.5. The molecular weight excluding hydrogens is 262 g/mol. The summed E-state index contributed by atoms with van der Waals surface area (Å²) in [6.45, 7) is 8.62. The van der Waals surface area contributed by atoms with Crippen molar-refractivity contribution in [1.82, 2.24) is 0 Å². The van der Waals surface area contributed by atoms with Crippen LogP contribution in [0, 0.1) is 11.3 Å². The highest BCUT2D eigenvalue weighted by Gasteiger charge is 2.23. The normalized spacial score (nSPS) is 16.7. The van der Waals surface area contributed by atoms with Crippen molar-refractivity contribution in [2.45, 2.75) is 53.4 Å². The summed E-state index contributed by atoms with van der Waals surface area (Å²) in [5.41, 5.74) is 2.84. The van der Waals surface area contributed by atoms with Gasteiger partial charge in [-0.15, -0.1) is 0 Å². The molecule has 1 heterocycles. The average molecular weight is 287 g/mol. The van der Waals surface area contributed by atoms with Crippen LogP contribution in [0.25, 0.3) is 0 Å². The Hall–Kier alpha value is -1.64. The lowest BCUT2D eigenvalue weighted by Gasteiger charge is -2.26. The van der Waals surface area contributed by atoms with E-state index in [1.807, 2.05) is 18.2 Å². The maximum atomic E-state index is 12.5. The van der Waals surface area contributed by atoms with Crippen molar-refractivity contribution >= 4 is 17.4 Å². The van der Waals surface area contributed by atoms with Crippen LogP contribution < -0.4 is 5.32 Å². The van der Waals surface area contributed by atoms with Crippen LogP contribution in [0.15, 0.2) is 18.2 Å². The second-order valence-electron chi connectivity index (χ2n) is 7.17. The Kier molecular flexibility index (Phi) is 4.50. The highest BCUT2D eigenvalue weighted by atomic mass is 16.1. The SMILES string of the molecule is CC(CC(=O)c1ccc2c(c1)CCCC(=O)N2)C(C)(C)C. The van der Waals surface area contributed by atoms with E-state index in [2.05, 4.69) is 33.0 Å². The first-order chi connectivity index (χ1) is 9.77. The number of fused-ring (bicyclic) bond motifs is 1. The molecule has 1 amide bonds. The topological polar surface area (TPSA) is 46.2 Å². The highest BCUT2D eigenvalue weighted by molar-refractivity contribution is 5.98. The van der Waals surface area contributed by atoms with E-state index in [-0.39, 0.29) is 17.1 Å². The van der Waals surface area contributed by atoms with Crippen LogP contribution in [0.2, 0.25) is 0 Å². The summed E-state index contributed by atoms with van der Waals surface area (Å²) in [4.78, 5) is 24.0. The summed E-state index contributed by atoms with van der Waals surface area (Å²) in [5, 5.41) is 2.90. The zero-order valence-corrected chi connectivity index (χ0v) is 13.5. The molecule has 0 bridgehead atoms. The van der Waals surface area contributed by atoms with Gasteiger partial charge in [0.25, 0.3) is 0 Å². The molecule has 2 rings (SSSR count). The minimum absolute atomic E-state index is 0.0641. The summed E-state index contributed by atoms with van der Waals surface area (Å²) in [7, 11) is 0. The van der Waals surface area contributed by atoms with Gasteiger partial charge in [-0.05, 0) is 47.9 Å². The fourth-order valence-electron chi connectivity index (χ4n) is 2.45. The van der Waals surface area contributed by atoms with Crippen LogP contribution >= 0.6 is 0 Å². The second-order valence-corrected chi connectivity index (χ2v) is 7.17. The third-order valence-electron chi connectivity index (χ3n) is 4.52. The first-order valence-electron chi connectivity index (χ1n) is 7.73. The minimum atomic E-state index is 0.0641. The molecule has 0 fully saturated rings. The standard InChI is InChI=1S/C18H25NO2/c1-12(18(2,3)4)10-16(20)14-8-9-15-13(11-14)6-5-7-17(21)19-15/h8-9,11-12H,5-7,10H2,1-4H3,(H,19,21). The smallest absolute Gasteiger partial charge is 0.224 e. The Morgan fingerprint density at radius 3 is 2.67 bits per heavy atom. The van der Waals surface area contributed by atoms with Crippen LogP contribution in [0.5, 0.6) is 0 Å². The predicted molar refractivity (Wildman–Crippen MR) is 85.6 cm³/mol. The molecule has 1 aliphatic heterocycles. The van der Waals surface area contributed by atoms with E-state index in [9.17, 15) is 9.59 Å². The molecule has 3 heteroatoms. The van der Waals surface area contributed by atoms with Gasteiger partial charge in [0.1, 0.15) is 0 Å². The van der Waals surface area contributed by atoms with Gasteiger partial charge in [-0.3, -0.25) is 9.59 Å². The molecule has 1 aromatic carbocycles. The number of benzene rings is 1. The summed E-state index contributed by atoms with van der Waals surface area (Å²) in [5.74, 6) is 0.591. The maximum absolute atomic E-state index is 12.5. The number of aryl methyl sites for hydroxylation is 1. The first-order valence-corrected chi connectivity index (χ1v) is 7.73. The number of hydrogen-bond donors (Lipinski definition) is 1. The fraction of sp³-hybridized carbons (Fsp3) is 0.556. The Morgan fingerprint density at radius 2 is 2.00 bits per heavy atom. The third-order valence-corrected chi connectivity index (χ3v) is 4.52. The lowest BCUT2D eigenvalue weighted by atomic mass is 9.78. The summed E-state index contributed by atoms with van der Waals surface area (Å²) in [6.07, 6.45) is 2.81. The van der Waals surface area contributed by atoms with Crippen molar-refractivity contribution in [2.24, 2.45) is 11.3 Å². The molecule has 114 valence electrons. The number of amides is 1. The van der Waals surface area contributed by atoms with Crippen molar-refractivity contribution in [3.8, 4) is 0 Å². The quantitative estimate of drug-likeness (QED) is 0.846. The molecule has 1 unspecified atom stereocenters. The molecule has 1 aromatic rings. The molecule has 0 saturated carbocycles. The third kappa shape index (κ3) is 3.93. The monoisotopic (exact) mass is 287 g/mol. The van der Waals surface area contributed by atoms with Gasteiger partial charge in [0.15, 0.2) is 5.78 Å². The predicted octanol–water partition coefficient (Wildman–Crippen LogP) is 4.22. The Bertz CT molecular complexity index is 555. The lowest BCUT2D eigenvalue weighted by Crippen LogP contribution is -2.20. The summed E-state index contributed by atoms with van der Waals surface area (Å²) in [6, 6.07) is 5.66. The molecular formula is C18H25NO2. The molecule has 0 aliphatic carbocycles. The van der Waals surface area contributed by atoms with Gasteiger partial charge >= 0.3 is 0 Å². The zero-order chi connectivity index (χ0) is 15.6. The van der Waals surface area contributed by atoms with Crippen molar-refractivity contribution in [3.05, 3.63) is 29.3 Å². The fourth-order valence-corrected chi connectivity index (χ4v) is 2.45. The number of rotatable bonds is 3. The van der Waals surface area contributed by atoms with Crippen molar-refractivity contribution in [3.63, 3.8) is 0 Å². The van der Waals surface area contributed by atoms with Gasteiger partial charge in [-0.1, -0.05) is 27.7 Å². The Morgan fingerprint density at radius 1 is 1.29 bits per heavy atom. The molecule has 0 radical (unpaired) electrons. The number of ketones is 1. The van der Waals surface area contributed by atoms with Crippen molar-refractivity contribution in [1.29, 1.82) is 0 Å². The Labute approximate surface area is 127 Å². The Balaban J connectivity index is 2.16. The molecule has 1 N–H and O–H groups in total. The van der Waals surface area contributed by atoms with Crippen molar-refractivity contribution in [2.75, 3.05) is 5.32 Å². The molecule has 3 nitrogen and oxygen atoms in total. The minimum Gasteiger partial charge on any atom is -0.326 e. The molecule has 21 heavy (non-hydrogen) atoms. The van der Waals surface area contributed by atoms with Crippen LogP contribution in [0.3, 0.4) is 0 Å². The first kappa shape index (κ1) is 15.7. The van der Waals surface area contributed by atoms with Crippen LogP contribution in [-0.2, 0) is 11.2 Å². The maximum Gasteiger partial charge on any atom is 0.224 e. The summed E-state index contributed by atoms with van der Waals surface area (Å²) < 4.78 is 0. The molecule has 0 aromatic heterocycles. The number of Topliss-reactive ketones (excluding diaryl/α,β-unsaturated/α-hetero) is 1. The largest absolute Gasteiger partial charge is 0.326 e. The van der Waals surface area contributed by atoms with Crippen LogP contribution in [0.4, 0.5) is 5.69 Å². The number of carbonyl (C=O) groups is 2. The highest BCUT2D eigenvalue weighted by Crippen LogP contribution is 2.30. The van der Waals surface area contributed by atoms with Gasteiger partial charge in [-0.25, -0.2) is 0 Å². The molecule has 0 saturated heterocycles. The molecule has 1 aliphatic rings. The van der Waals surface area contributed by atoms with E-state index in [4.69, 9.17) is 0 Å². The van der Waals surface area contributed by atoms with Gasteiger partial charge < -0.3 is 5.32 Å². The van der Waals surface area contributed by atoms with Gasteiger partial charge in [0.05, 0.1) is 0 Å². The van der Waals surface area contributed by atoms with E-state index in [1.54, 1.807) is 0 Å². The van der Waals surface area contributed by atoms with Gasteiger partial charge in [-0.2, -0.15) is 0 Å². The van der Waals surface area contributed by atoms with E-state index in [0.717, 1.165) is 29.7 Å². The second kappa shape index (κ2) is 6.00.